The zero-order valence-corrected chi connectivity index (χ0v) is 12.6. The van der Waals surface area contributed by atoms with E-state index in [0.29, 0.717) is 6.04 Å². The van der Waals surface area contributed by atoms with Gasteiger partial charge in [-0.15, -0.1) is 0 Å². The van der Waals surface area contributed by atoms with Crippen molar-refractivity contribution in [1.82, 2.24) is 5.32 Å². The van der Waals surface area contributed by atoms with Crippen LogP contribution >= 0.6 is 0 Å². The molecule has 1 unspecified atom stereocenters. The predicted octanol–water partition coefficient (Wildman–Crippen LogP) is 3.23. The van der Waals surface area contributed by atoms with Crippen LogP contribution in [0.25, 0.3) is 0 Å². The zero-order chi connectivity index (χ0) is 14.7. The molecular weight excluding hydrogens is 262 g/mol. The Morgan fingerprint density at radius 2 is 1.86 bits per heavy atom. The lowest BCUT2D eigenvalue weighted by Gasteiger charge is -2.18. The largest absolute Gasteiger partial charge is 0.497 e. The first kappa shape index (κ1) is 14.1. The Morgan fingerprint density at radius 3 is 2.57 bits per heavy atom. The summed E-state index contributed by atoms with van der Waals surface area (Å²) in [5, 5.41) is 3.41. The standard InChI is InChI=1S/C18H21NO2/c1-19-18(9-13-3-7-17(20-2)8-4-13)14-5-6-15-11-21-12-16(15)10-14/h3-8,10,18-19H,9,11-12H2,1-2H3. The Hall–Kier alpha value is -1.84. The average molecular weight is 283 g/mol. The van der Waals surface area contributed by atoms with Crippen molar-refractivity contribution in [2.75, 3.05) is 14.2 Å². The normalized spacial score (nSPS) is 14.8. The number of rotatable bonds is 5. The molecule has 0 spiro atoms. The van der Waals surface area contributed by atoms with Crippen molar-refractivity contribution in [2.45, 2.75) is 25.7 Å². The minimum atomic E-state index is 0.310. The van der Waals surface area contributed by atoms with E-state index in [-0.39, 0.29) is 0 Å². The summed E-state index contributed by atoms with van der Waals surface area (Å²) in [7, 11) is 3.70. The van der Waals surface area contributed by atoms with Gasteiger partial charge in [0.05, 0.1) is 20.3 Å². The van der Waals surface area contributed by atoms with Gasteiger partial charge in [0.1, 0.15) is 5.75 Å². The first-order valence-electron chi connectivity index (χ1n) is 7.30. The molecule has 3 nitrogen and oxygen atoms in total. The van der Waals surface area contributed by atoms with Crippen LogP contribution in [0.2, 0.25) is 0 Å². The summed E-state index contributed by atoms with van der Waals surface area (Å²) in [5.41, 5.74) is 5.25. The van der Waals surface area contributed by atoms with Crippen LogP contribution in [0, 0.1) is 0 Å². The predicted molar refractivity (Wildman–Crippen MR) is 83.4 cm³/mol. The quantitative estimate of drug-likeness (QED) is 0.914. The molecule has 110 valence electrons. The first-order valence-corrected chi connectivity index (χ1v) is 7.30. The molecule has 21 heavy (non-hydrogen) atoms. The van der Waals surface area contributed by atoms with Crippen LogP contribution in [0.15, 0.2) is 42.5 Å². The van der Waals surface area contributed by atoms with Gasteiger partial charge < -0.3 is 14.8 Å². The van der Waals surface area contributed by atoms with Gasteiger partial charge in [0.2, 0.25) is 0 Å². The zero-order valence-electron chi connectivity index (χ0n) is 12.6. The maximum Gasteiger partial charge on any atom is 0.118 e. The fourth-order valence-corrected chi connectivity index (χ4v) is 2.79. The highest BCUT2D eigenvalue weighted by Crippen LogP contribution is 2.26. The Bertz CT molecular complexity index is 607. The van der Waals surface area contributed by atoms with Gasteiger partial charge in [-0.2, -0.15) is 0 Å². The lowest BCUT2D eigenvalue weighted by molar-refractivity contribution is 0.134. The third kappa shape index (κ3) is 3.09. The number of hydrogen-bond acceptors (Lipinski definition) is 3. The van der Waals surface area contributed by atoms with Crippen molar-refractivity contribution in [3.63, 3.8) is 0 Å². The van der Waals surface area contributed by atoms with Crippen LogP contribution in [0.4, 0.5) is 0 Å². The number of nitrogens with one attached hydrogen (secondary N) is 1. The van der Waals surface area contributed by atoms with Gasteiger partial charge in [-0.05, 0) is 47.9 Å². The molecule has 1 atom stereocenters. The second-order valence-electron chi connectivity index (χ2n) is 5.41. The molecule has 2 aromatic carbocycles. The van der Waals surface area contributed by atoms with E-state index in [1.54, 1.807) is 7.11 Å². The summed E-state index contributed by atoms with van der Waals surface area (Å²) in [5.74, 6) is 0.898. The van der Waals surface area contributed by atoms with Gasteiger partial charge in [-0.1, -0.05) is 30.3 Å². The molecule has 2 aromatic rings. The van der Waals surface area contributed by atoms with Gasteiger partial charge in [-0.25, -0.2) is 0 Å². The lowest BCUT2D eigenvalue weighted by Crippen LogP contribution is -2.19. The fraction of sp³-hybridized carbons (Fsp3) is 0.333. The highest BCUT2D eigenvalue weighted by atomic mass is 16.5. The van der Waals surface area contributed by atoms with Crippen LogP contribution in [-0.2, 0) is 24.4 Å². The third-order valence-corrected chi connectivity index (χ3v) is 4.10. The van der Waals surface area contributed by atoms with Gasteiger partial charge in [0.25, 0.3) is 0 Å². The molecule has 1 aliphatic heterocycles. The van der Waals surface area contributed by atoms with E-state index in [1.165, 1.54) is 22.3 Å². The van der Waals surface area contributed by atoms with E-state index in [1.807, 2.05) is 19.2 Å². The number of methoxy groups -OCH3 is 1. The van der Waals surface area contributed by atoms with E-state index < -0.39 is 0 Å². The molecule has 0 amide bonds. The number of fused-ring (bicyclic) bond motifs is 1. The highest BCUT2D eigenvalue weighted by Gasteiger charge is 2.15. The monoisotopic (exact) mass is 283 g/mol. The second-order valence-corrected chi connectivity index (χ2v) is 5.41. The fourth-order valence-electron chi connectivity index (χ4n) is 2.79. The van der Waals surface area contributed by atoms with Gasteiger partial charge >= 0.3 is 0 Å². The molecule has 0 saturated carbocycles. The average Bonchev–Trinajstić information content (AvgIpc) is 3.00. The Kier molecular flexibility index (Phi) is 4.23. The van der Waals surface area contributed by atoms with Crippen molar-refractivity contribution < 1.29 is 9.47 Å². The van der Waals surface area contributed by atoms with E-state index in [0.717, 1.165) is 25.4 Å². The maximum atomic E-state index is 5.49. The maximum absolute atomic E-state index is 5.49. The van der Waals surface area contributed by atoms with E-state index in [4.69, 9.17) is 9.47 Å². The Labute approximate surface area is 125 Å². The van der Waals surface area contributed by atoms with E-state index in [2.05, 4.69) is 35.6 Å². The lowest BCUT2D eigenvalue weighted by atomic mass is 9.96. The SMILES string of the molecule is CNC(Cc1ccc(OC)cc1)c1ccc2c(c1)COC2. The number of likely N-dealkylation sites (N-methyl/N-ethyl adjacent to an activating group) is 1. The number of benzene rings is 2. The minimum absolute atomic E-state index is 0.310. The van der Waals surface area contributed by atoms with Gasteiger partial charge in [0, 0.05) is 6.04 Å². The van der Waals surface area contributed by atoms with Crippen molar-refractivity contribution in [1.29, 1.82) is 0 Å². The molecule has 0 radical (unpaired) electrons. The molecule has 0 saturated heterocycles. The summed E-state index contributed by atoms with van der Waals surface area (Å²) >= 11 is 0. The van der Waals surface area contributed by atoms with Crippen LogP contribution in [0.5, 0.6) is 5.75 Å². The molecule has 0 aliphatic carbocycles. The van der Waals surface area contributed by atoms with Crippen molar-refractivity contribution in [3.8, 4) is 5.75 Å². The molecule has 1 N–H and O–H groups in total. The first-order chi connectivity index (χ1) is 10.3. The molecule has 1 aliphatic rings. The number of ether oxygens (including phenoxy) is 2. The smallest absolute Gasteiger partial charge is 0.118 e. The topological polar surface area (TPSA) is 30.5 Å². The van der Waals surface area contributed by atoms with Gasteiger partial charge in [0.15, 0.2) is 0 Å². The summed E-state index contributed by atoms with van der Waals surface area (Å²) in [6, 6.07) is 15.3. The molecule has 3 rings (SSSR count). The van der Waals surface area contributed by atoms with Crippen LogP contribution in [-0.4, -0.2) is 14.2 Å². The molecular formula is C18H21NO2. The van der Waals surface area contributed by atoms with E-state index >= 15 is 0 Å². The van der Waals surface area contributed by atoms with Crippen molar-refractivity contribution in [2.24, 2.45) is 0 Å². The van der Waals surface area contributed by atoms with E-state index in [9.17, 15) is 0 Å². The molecule has 0 fully saturated rings. The summed E-state index contributed by atoms with van der Waals surface area (Å²) < 4.78 is 10.7. The van der Waals surface area contributed by atoms with Crippen LogP contribution < -0.4 is 10.1 Å². The molecule has 0 aromatic heterocycles. The van der Waals surface area contributed by atoms with Crippen molar-refractivity contribution >= 4 is 0 Å². The number of hydrogen-bond donors (Lipinski definition) is 1. The van der Waals surface area contributed by atoms with Gasteiger partial charge in [-0.3, -0.25) is 0 Å². The Balaban J connectivity index is 1.78. The minimum Gasteiger partial charge on any atom is -0.497 e. The highest BCUT2D eigenvalue weighted by molar-refractivity contribution is 5.36. The summed E-state index contributed by atoms with van der Waals surface area (Å²) in [4.78, 5) is 0. The molecule has 0 bridgehead atoms. The summed E-state index contributed by atoms with van der Waals surface area (Å²) in [6.45, 7) is 1.49. The summed E-state index contributed by atoms with van der Waals surface area (Å²) in [6.07, 6.45) is 0.958. The van der Waals surface area contributed by atoms with Crippen LogP contribution in [0.3, 0.4) is 0 Å². The molecule has 3 heteroatoms. The molecule has 1 heterocycles. The Morgan fingerprint density at radius 1 is 1.10 bits per heavy atom. The van der Waals surface area contributed by atoms with Crippen LogP contribution in [0.1, 0.15) is 28.3 Å². The van der Waals surface area contributed by atoms with Crippen molar-refractivity contribution in [3.05, 3.63) is 64.7 Å². The third-order valence-electron chi connectivity index (χ3n) is 4.10. The second kappa shape index (κ2) is 6.29.